The summed E-state index contributed by atoms with van der Waals surface area (Å²) < 4.78 is 0. The minimum absolute atomic E-state index is 0.174. The highest BCUT2D eigenvalue weighted by atomic mass is 16.4. The van der Waals surface area contributed by atoms with Crippen LogP contribution in [-0.4, -0.2) is 41.1 Å². The molecule has 0 unspecified atom stereocenters. The molecule has 0 bridgehead atoms. The van der Waals surface area contributed by atoms with Crippen molar-refractivity contribution in [3.8, 4) is 0 Å². The average Bonchev–Trinajstić information content (AvgIpc) is 2.47. The molecule has 0 aromatic heterocycles. The number of amides is 1. The fourth-order valence-corrected chi connectivity index (χ4v) is 2.27. The molecule has 0 aliphatic carbocycles. The molecule has 0 radical (unpaired) electrons. The van der Waals surface area contributed by atoms with E-state index < -0.39 is 11.9 Å². The highest BCUT2D eigenvalue weighted by molar-refractivity contribution is 5.99. The Labute approximate surface area is 121 Å². The van der Waals surface area contributed by atoms with E-state index >= 15 is 0 Å². The van der Waals surface area contributed by atoms with Gasteiger partial charge in [0.2, 0.25) is 5.91 Å². The lowest BCUT2D eigenvalue weighted by atomic mass is 9.98. The number of hydrogen-bond acceptors (Lipinski definition) is 4. The van der Waals surface area contributed by atoms with Crippen LogP contribution in [0, 0.1) is 5.92 Å². The Morgan fingerprint density at radius 2 is 1.71 bits per heavy atom. The summed E-state index contributed by atoms with van der Waals surface area (Å²) in [6.45, 7) is 1.44. The molecule has 2 rings (SSSR count). The molecular weight excluding hydrogens is 276 g/mol. The van der Waals surface area contributed by atoms with Crippen LogP contribution in [0.4, 0.5) is 5.69 Å². The Morgan fingerprint density at radius 1 is 1.10 bits per heavy atom. The summed E-state index contributed by atoms with van der Waals surface area (Å²) in [5, 5.41) is 23.7. The molecule has 1 fully saturated rings. The number of carboxylic acids is 2. The number of aromatic carboxylic acids is 2. The Hall–Kier alpha value is -2.41. The van der Waals surface area contributed by atoms with Crippen LogP contribution in [0.1, 0.15) is 33.6 Å². The largest absolute Gasteiger partial charge is 0.478 e. The fraction of sp³-hybridized carbons (Fsp3) is 0.357. The van der Waals surface area contributed by atoms with Gasteiger partial charge in [-0.3, -0.25) is 4.79 Å². The summed E-state index contributed by atoms with van der Waals surface area (Å²) in [5.41, 5.74) is -0.165. The first-order valence-electron chi connectivity index (χ1n) is 6.60. The molecule has 4 N–H and O–H groups in total. The predicted octanol–water partition coefficient (Wildman–Crippen LogP) is 1.02. The first-order chi connectivity index (χ1) is 9.97. The van der Waals surface area contributed by atoms with E-state index in [1.54, 1.807) is 0 Å². The molecule has 21 heavy (non-hydrogen) atoms. The van der Waals surface area contributed by atoms with Gasteiger partial charge in [0, 0.05) is 12.2 Å². The van der Waals surface area contributed by atoms with Crippen LogP contribution >= 0.6 is 0 Å². The molecule has 1 amide bonds. The van der Waals surface area contributed by atoms with Gasteiger partial charge in [-0.05, 0) is 37.6 Å². The summed E-state index contributed by atoms with van der Waals surface area (Å²) in [6, 6.07) is 3.56. The molecule has 0 spiro atoms. The van der Waals surface area contributed by atoms with E-state index in [0.29, 0.717) is 6.54 Å². The summed E-state index contributed by atoms with van der Waals surface area (Å²) in [6.07, 6.45) is 1.65. The van der Waals surface area contributed by atoms with Gasteiger partial charge in [0.25, 0.3) is 0 Å². The molecule has 7 heteroatoms. The van der Waals surface area contributed by atoms with Gasteiger partial charge >= 0.3 is 11.9 Å². The maximum Gasteiger partial charge on any atom is 0.335 e. The third-order valence-electron chi connectivity index (χ3n) is 3.36. The Bertz CT molecular complexity index is 546. The summed E-state index contributed by atoms with van der Waals surface area (Å²) >= 11 is 0. The van der Waals surface area contributed by atoms with Gasteiger partial charge in [-0.1, -0.05) is 0 Å². The predicted molar refractivity (Wildman–Crippen MR) is 74.6 cm³/mol. The van der Waals surface area contributed by atoms with Crippen LogP contribution in [0.15, 0.2) is 18.2 Å². The molecule has 1 saturated heterocycles. The van der Waals surface area contributed by atoms with Crippen molar-refractivity contribution in [2.75, 3.05) is 18.4 Å². The van der Waals surface area contributed by atoms with E-state index in [0.717, 1.165) is 25.5 Å². The number of carboxylic acid groups (broad SMARTS) is 2. The van der Waals surface area contributed by atoms with Crippen LogP contribution in [0.3, 0.4) is 0 Å². The lowest BCUT2D eigenvalue weighted by Crippen LogP contribution is -2.37. The van der Waals surface area contributed by atoms with Crippen LogP contribution < -0.4 is 10.6 Å². The minimum atomic E-state index is -1.24. The molecule has 1 heterocycles. The first-order valence-corrected chi connectivity index (χ1v) is 6.60. The number of piperidine rings is 1. The number of hydrogen-bond donors (Lipinski definition) is 4. The Balaban J connectivity index is 2.20. The molecule has 1 aromatic carbocycles. The fourth-order valence-electron chi connectivity index (χ4n) is 2.27. The number of carbonyl (C=O) groups excluding carboxylic acids is 1. The first kappa shape index (κ1) is 15.0. The van der Waals surface area contributed by atoms with Crippen molar-refractivity contribution < 1.29 is 24.6 Å². The standard InChI is InChI=1S/C14H16N2O5/c17-12(8-2-1-3-15-7-8)16-11-5-9(13(18)19)4-10(6-11)14(20)21/h4-6,8,15H,1-3,7H2,(H,16,17)(H,18,19)(H,20,21)/t8-/m0/s1. The van der Waals surface area contributed by atoms with Crippen molar-refractivity contribution in [2.24, 2.45) is 5.92 Å². The summed E-state index contributed by atoms with van der Waals surface area (Å²) in [7, 11) is 0. The maximum atomic E-state index is 12.1. The molecule has 1 aromatic rings. The second-order valence-electron chi connectivity index (χ2n) is 4.94. The highest BCUT2D eigenvalue weighted by Gasteiger charge is 2.21. The number of nitrogens with one attached hydrogen (secondary N) is 2. The monoisotopic (exact) mass is 292 g/mol. The van der Waals surface area contributed by atoms with Gasteiger partial charge in [0.1, 0.15) is 0 Å². The third-order valence-corrected chi connectivity index (χ3v) is 3.36. The molecule has 1 atom stereocenters. The second kappa shape index (κ2) is 6.36. The average molecular weight is 292 g/mol. The van der Waals surface area contributed by atoms with Crippen LogP contribution in [-0.2, 0) is 4.79 Å². The van der Waals surface area contributed by atoms with E-state index in [-0.39, 0.29) is 28.6 Å². The van der Waals surface area contributed by atoms with Crippen LogP contribution in [0.25, 0.3) is 0 Å². The molecule has 7 nitrogen and oxygen atoms in total. The molecular formula is C14H16N2O5. The smallest absolute Gasteiger partial charge is 0.335 e. The maximum absolute atomic E-state index is 12.1. The van der Waals surface area contributed by atoms with Crippen molar-refractivity contribution in [1.82, 2.24) is 5.32 Å². The van der Waals surface area contributed by atoms with Crippen LogP contribution in [0.5, 0.6) is 0 Å². The minimum Gasteiger partial charge on any atom is -0.478 e. The lowest BCUT2D eigenvalue weighted by Gasteiger charge is -2.22. The Morgan fingerprint density at radius 3 is 2.19 bits per heavy atom. The zero-order valence-corrected chi connectivity index (χ0v) is 11.3. The third kappa shape index (κ3) is 3.79. The molecule has 0 saturated carbocycles. The summed E-state index contributed by atoms with van der Waals surface area (Å²) in [5.74, 6) is -2.91. The molecule has 1 aliphatic heterocycles. The van der Waals surface area contributed by atoms with E-state index in [4.69, 9.17) is 10.2 Å². The van der Waals surface area contributed by atoms with Crippen LogP contribution in [0.2, 0.25) is 0 Å². The van der Waals surface area contributed by atoms with Gasteiger partial charge in [0.05, 0.1) is 17.0 Å². The normalized spacial score (nSPS) is 18.0. The van der Waals surface area contributed by atoms with Crippen molar-refractivity contribution in [1.29, 1.82) is 0 Å². The second-order valence-corrected chi connectivity index (χ2v) is 4.94. The quantitative estimate of drug-likeness (QED) is 0.658. The highest BCUT2D eigenvalue weighted by Crippen LogP contribution is 2.18. The Kier molecular flexibility index (Phi) is 4.54. The topological polar surface area (TPSA) is 116 Å². The van der Waals surface area contributed by atoms with E-state index in [2.05, 4.69) is 10.6 Å². The van der Waals surface area contributed by atoms with Gasteiger partial charge in [-0.15, -0.1) is 0 Å². The SMILES string of the molecule is O=C(O)c1cc(NC(=O)[C@H]2CCCNC2)cc(C(=O)O)c1. The molecule has 1 aliphatic rings. The lowest BCUT2D eigenvalue weighted by molar-refractivity contribution is -0.120. The zero-order valence-electron chi connectivity index (χ0n) is 11.3. The van der Waals surface area contributed by atoms with Gasteiger partial charge in [-0.25, -0.2) is 9.59 Å². The van der Waals surface area contributed by atoms with E-state index in [1.807, 2.05) is 0 Å². The number of carbonyl (C=O) groups is 3. The van der Waals surface area contributed by atoms with E-state index in [1.165, 1.54) is 12.1 Å². The summed E-state index contributed by atoms with van der Waals surface area (Å²) in [4.78, 5) is 34.1. The molecule has 112 valence electrons. The number of rotatable bonds is 4. The number of benzene rings is 1. The number of anilines is 1. The van der Waals surface area contributed by atoms with Gasteiger partial charge < -0.3 is 20.8 Å². The van der Waals surface area contributed by atoms with Crippen molar-refractivity contribution in [2.45, 2.75) is 12.8 Å². The van der Waals surface area contributed by atoms with Gasteiger partial charge in [-0.2, -0.15) is 0 Å². The van der Waals surface area contributed by atoms with E-state index in [9.17, 15) is 14.4 Å². The van der Waals surface area contributed by atoms with Crippen molar-refractivity contribution in [3.05, 3.63) is 29.3 Å². The zero-order chi connectivity index (χ0) is 15.4. The van der Waals surface area contributed by atoms with Crippen molar-refractivity contribution >= 4 is 23.5 Å². The van der Waals surface area contributed by atoms with Crippen molar-refractivity contribution in [3.63, 3.8) is 0 Å². The van der Waals surface area contributed by atoms with Gasteiger partial charge in [0.15, 0.2) is 0 Å².